The molecule has 0 saturated carbocycles. The summed E-state index contributed by atoms with van der Waals surface area (Å²) in [6, 6.07) is 5.51. The molecule has 0 aliphatic carbocycles. The quantitative estimate of drug-likeness (QED) is 0.536. The van der Waals surface area contributed by atoms with Gasteiger partial charge in [0, 0.05) is 13.7 Å². The molecule has 2 N–H and O–H groups in total. The molecule has 0 amide bonds. The van der Waals surface area contributed by atoms with Gasteiger partial charge in [-0.2, -0.15) is 0 Å². The molecule has 1 aromatic carbocycles. The van der Waals surface area contributed by atoms with Crippen LogP contribution in [0.5, 0.6) is 0 Å². The summed E-state index contributed by atoms with van der Waals surface area (Å²) in [5, 5.41) is 19.2. The number of thiophene rings is 1. The molecule has 1 aromatic heterocycles. The molecule has 6 heteroatoms. The molecule has 0 saturated heterocycles. The van der Waals surface area contributed by atoms with E-state index in [0.717, 1.165) is 4.70 Å². The van der Waals surface area contributed by atoms with Gasteiger partial charge in [-0.15, -0.1) is 11.3 Å². The van der Waals surface area contributed by atoms with Crippen molar-refractivity contribution >= 4 is 79.2 Å². The second kappa shape index (κ2) is 4.24. The summed E-state index contributed by atoms with van der Waals surface area (Å²) in [6.45, 7) is 0. The van der Waals surface area contributed by atoms with E-state index in [1.807, 2.05) is 12.1 Å². The fourth-order valence-electron chi connectivity index (χ4n) is 1.21. The van der Waals surface area contributed by atoms with Crippen molar-refractivity contribution < 1.29 is 10.0 Å². The van der Waals surface area contributed by atoms with E-state index in [4.69, 9.17) is 10.0 Å². The molecular formula is C8H5BI2O2S. The summed E-state index contributed by atoms with van der Waals surface area (Å²) in [5.74, 6) is 0. The molecular weight excluding hydrogens is 425 g/mol. The Morgan fingerprint density at radius 3 is 2.57 bits per heavy atom. The Labute approximate surface area is 113 Å². The van der Waals surface area contributed by atoms with Crippen LogP contribution in [-0.4, -0.2) is 17.2 Å². The van der Waals surface area contributed by atoms with E-state index in [-0.39, 0.29) is 0 Å². The lowest BCUT2D eigenvalue weighted by Crippen LogP contribution is -2.29. The number of hydrogen-bond donors (Lipinski definition) is 2. The summed E-state index contributed by atoms with van der Waals surface area (Å²) in [4.78, 5) is 0. The number of fused-ring (bicyclic) bond motifs is 1. The number of hydrogen-bond acceptors (Lipinski definition) is 3. The van der Waals surface area contributed by atoms with Crippen LogP contribution in [0.3, 0.4) is 0 Å². The average Bonchev–Trinajstić information content (AvgIpc) is 2.42. The maximum absolute atomic E-state index is 9.02. The van der Waals surface area contributed by atoms with Gasteiger partial charge < -0.3 is 10.0 Å². The second-order valence-electron chi connectivity index (χ2n) is 2.82. The number of benzene rings is 1. The van der Waals surface area contributed by atoms with Gasteiger partial charge in [-0.3, -0.25) is 0 Å². The minimum absolute atomic E-state index is 0.548. The minimum Gasteiger partial charge on any atom is -0.423 e. The maximum atomic E-state index is 9.02. The van der Waals surface area contributed by atoms with E-state index < -0.39 is 7.12 Å². The molecule has 1 heterocycles. The highest BCUT2D eigenvalue weighted by Gasteiger charge is 2.13. The van der Waals surface area contributed by atoms with Gasteiger partial charge in [-0.1, -0.05) is 12.1 Å². The normalized spacial score (nSPS) is 10.9. The van der Waals surface area contributed by atoms with Crippen LogP contribution >= 0.6 is 56.5 Å². The van der Waals surface area contributed by atoms with E-state index in [1.54, 1.807) is 17.4 Å². The van der Waals surface area contributed by atoms with Crippen LogP contribution in [0.25, 0.3) is 10.1 Å². The van der Waals surface area contributed by atoms with Gasteiger partial charge in [-0.25, -0.2) is 0 Å². The Morgan fingerprint density at radius 1 is 1.21 bits per heavy atom. The summed E-state index contributed by atoms with van der Waals surface area (Å²) in [6.07, 6.45) is 0. The molecule has 2 rings (SSSR count). The van der Waals surface area contributed by atoms with Crippen LogP contribution in [0, 0.1) is 6.45 Å². The smallest absolute Gasteiger partial charge is 0.423 e. The van der Waals surface area contributed by atoms with E-state index in [2.05, 4.69) is 45.2 Å². The molecule has 0 fully saturated rings. The van der Waals surface area contributed by atoms with Gasteiger partial charge in [0.2, 0.25) is 0 Å². The fourth-order valence-corrected chi connectivity index (χ4v) is 4.07. The van der Waals surface area contributed by atoms with Crippen molar-refractivity contribution in [2.24, 2.45) is 0 Å². The fraction of sp³-hybridized carbons (Fsp3) is 0. The maximum Gasteiger partial charge on any atom is 0.488 e. The first kappa shape index (κ1) is 11.1. The highest BCUT2D eigenvalue weighted by molar-refractivity contribution is 14.1. The van der Waals surface area contributed by atoms with Crippen LogP contribution in [-0.2, 0) is 0 Å². The van der Waals surface area contributed by atoms with Crippen LogP contribution in [0.4, 0.5) is 0 Å². The summed E-state index contributed by atoms with van der Waals surface area (Å²) in [7, 11) is -1.38. The van der Waals surface area contributed by atoms with Crippen molar-refractivity contribution in [2.45, 2.75) is 0 Å². The predicted octanol–water partition coefficient (Wildman–Crippen LogP) is 1.79. The Morgan fingerprint density at radius 2 is 1.93 bits per heavy atom. The van der Waals surface area contributed by atoms with E-state index in [0.29, 0.717) is 5.46 Å². The van der Waals surface area contributed by atoms with Crippen molar-refractivity contribution in [1.82, 2.24) is 0 Å². The van der Waals surface area contributed by atoms with Crippen LogP contribution in [0.15, 0.2) is 18.2 Å². The van der Waals surface area contributed by atoms with Gasteiger partial charge in [0.25, 0.3) is 0 Å². The highest BCUT2D eigenvalue weighted by atomic mass is 127. The third-order valence-corrected chi connectivity index (χ3v) is 6.57. The molecule has 2 aromatic rings. The summed E-state index contributed by atoms with van der Waals surface area (Å²) >= 11 is 6.26. The first-order valence-corrected chi connectivity index (χ1v) is 6.80. The standard InChI is InChI=1S/C8H5BI2O2S/c10-7-5-2-1-4(9(12)13)3-6(5)14-8(7)11/h1-3,12-13H. The molecule has 0 aliphatic heterocycles. The molecule has 0 aliphatic rings. The van der Waals surface area contributed by atoms with Crippen LogP contribution < -0.4 is 5.46 Å². The molecule has 0 radical (unpaired) electrons. The van der Waals surface area contributed by atoms with Crippen LogP contribution in [0.1, 0.15) is 0 Å². The topological polar surface area (TPSA) is 40.5 Å². The van der Waals surface area contributed by atoms with Gasteiger partial charge in [0.1, 0.15) is 0 Å². The summed E-state index contributed by atoms with van der Waals surface area (Å²) < 4.78 is 3.58. The van der Waals surface area contributed by atoms with Crippen molar-refractivity contribution in [3.63, 3.8) is 0 Å². The van der Waals surface area contributed by atoms with E-state index >= 15 is 0 Å². The molecule has 0 atom stereocenters. The number of rotatable bonds is 1. The van der Waals surface area contributed by atoms with E-state index in [1.165, 1.54) is 11.8 Å². The Balaban J connectivity index is 2.67. The lowest BCUT2D eigenvalue weighted by atomic mass is 9.80. The summed E-state index contributed by atoms with van der Waals surface area (Å²) in [5.41, 5.74) is 0.548. The van der Waals surface area contributed by atoms with Gasteiger partial charge in [0.15, 0.2) is 0 Å². The zero-order valence-electron chi connectivity index (χ0n) is 6.87. The van der Waals surface area contributed by atoms with Gasteiger partial charge in [0.05, 0.1) is 2.88 Å². The first-order chi connectivity index (χ1) is 6.59. The van der Waals surface area contributed by atoms with E-state index in [9.17, 15) is 0 Å². The van der Waals surface area contributed by atoms with Gasteiger partial charge >= 0.3 is 7.12 Å². The Hall–Kier alpha value is 0.625. The second-order valence-corrected chi connectivity index (χ2v) is 6.76. The SMILES string of the molecule is OB(O)c1ccc2c(I)c(I)sc2c1. The van der Waals surface area contributed by atoms with Crippen molar-refractivity contribution in [1.29, 1.82) is 0 Å². The molecule has 0 bridgehead atoms. The zero-order chi connectivity index (χ0) is 10.3. The van der Waals surface area contributed by atoms with Crippen molar-refractivity contribution in [2.75, 3.05) is 0 Å². The third kappa shape index (κ3) is 1.94. The van der Waals surface area contributed by atoms with Crippen molar-refractivity contribution in [3.05, 3.63) is 24.7 Å². The molecule has 72 valence electrons. The number of halogens is 2. The third-order valence-electron chi connectivity index (χ3n) is 1.91. The molecule has 0 unspecified atom stereocenters. The first-order valence-electron chi connectivity index (χ1n) is 3.83. The molecule has 0 spiro atoms. The van der Waals surface area contributed by atoms with Crippen molar-refractivity contribution in [3.8, 4) is 0 Å². The average molecular weight is 430 g/mol. The monoisotopic (exact) mass is 430 g/mol. The highest BCUT2D eigenvalue weighted by Crippen LogP contribution is 2.32. The molecule has 2 nitrogen and oxygen atoms in total. The minimum atomic E-state index is -1.38. The zero-order valence-corrected chi connectivity index (χ0v) is 12.0. The van der Waals surface area contributed by atoms with Crippen LogP contribution in [0.2, 0.25) is 0 Å². The molecule has 14 heavy (non-hydrogen) atoms. The lowest BCUT2D eigenvalue weighted by Gasteiger charge is -1.98. The Kier molecular flexibility index (Phi) is 3.37. The Bertz CT molecular complexity index is 483. The lowest BCUT2D eigenvalue weighted by molar-refractivity contribution is 0.426. The van der Waals surface area contributed by atoms with Gasteiger partial charge in [-0.05, 0) is 56.7 Å². The predicted molar refractivity (Wildman–Crippen MR) is 77.1 cm³/mol. The largest absolute Gasteiger partial charge is 0.488 e.